The predicted octanol–water partition coefficient (Wildman–Crippen LogP) is 11.6. The van der Waals surface area contributed by atoms with Gasteiger partial charge in [0.05, 0.1) is 0 Å². The van der Waals surface area contributed by atoms with Gasteiger partial charge in [-0.25, -0.2) is 0 Å². The summed E-state index contributed by atoms with van der Waals surface area (Å²) in [6, 6.07) is 0. The van der Waals surface area contributed by atoms with Gasteiger partial charge >= 0.3 is 302 Å². The van der Waals surface area contributed by atoms with Gasteiger partial charge in [0.25, 0.3) is 0 Å². The first-order chi connectivity index (χ1) is 22.7. The Morgan fingerprint density at radius 1 is 0.298 bits per heavy atom. The van der Waals surface area contributed by atoms with E-state index in [4.69, 9.17) is 3.32 Å². The summed E-state index contributed by atoms with van der Waals surface area (Å²) in [7, 11) is 0. The van der Waals surface area contributed by atoms with Crippen LogP contribution in [0.4, 0.5) is 0 Å². The second-order valence-corrected chi connectivity index (χ2v) is 18.0. The Balaban J connectivity index is 0. The van der Waals surface area contributed by atoms with Crippen LogP contribution in [0.2, 0.25) is 0 Å². The van der Waals surface area contributed by atoms with Crippen molar-refractivity contribution in [3.8, 4) is 0 Å². The number of hydrogen-bond acceptors (Lipinski definition) is 3. The van der Waals surface area contributed by atoms with Crippen molar-refractivity contribution < 1.29 is 34.5 Å². The standard InChI is InChI=1S/2C16H34N.C10H21O.ClH.Ti/c2*1-3-5-7-9-11-13-15-17-16-14-12-10-8-6-4-2;1-2-3-4-5-6-7-8-9-10-11;;/h2*3-16H2,1-2H3;2-10H2,1H3;1H;/q3*-1;;+4/p-1. The van der Waals surface area contributed by atoms with Gasteiger partial charge in [0.1, 0.15) is 0 Å². The Hall–Kier alpha value is 0.884. The molecule has 0 aromatic heterocycles. The SMILES string of the molecule is CCCCCCCCCC[O][Ti+]([N](CCCCCCCC)CCCCCCCC)[N](CCCCCCCC)CCCCCCCC.[Cl-]. The van der Waals surface area contributed by atoms with Gasteiger partial charge in [-0.1, -0.05) is 0 Å². The number of unbranched alkanes of at least 4 members (excludes halogenated alkanes) is 27. The van der Waals surface area contributed by atoms with Crippen LogP contribution in [0.5, 0.6) is 0 Å². The van der Waals surface area contributed by atoms with Gasteiger partial charge in [-0.3, -0.25) is 0 Å². The molecule has 0 aliphatic heterocycles. The van der Waals surface area contributed by atoms with E-state index in [0.717, 1.165) is 6.61 Å². The van der Waals surface area contributed by atoms with Gasteiger partial charge in [-0.15, -0.1) is 0 Å². The second kappa shape index (κ2) is 43.0. The molecule has 0 bridgehead atoms. The molecule has 0 fully saturated rings. The summed E-state index contributed by atoms with van der Waals surface area (Å²) in [5.74, 6) is 0. The van der Waals surface area contributed by atoms with E-state index in [1.807, 2.05) is 0 Å². The summed E-state index contributed by atoms with van der Waals surface area (Å²) in [5, 5.41) is 0. The van der Waals surface area contributed by atoms with E-state index < -0.39 is 18.8 Å². The van der Waals surface area contributed by atoms with E-state index in [2.05, 4.69) is 41.4 Å². The molecule has 0 atom stereocenters. The summed E-state index contributed by atoms with van der Waals surface area (Å²) in [6.07, 6.45) is 44.6. The smallest absolute Gasteiger partial charge is 1.00 e. The van der Waals surface area contributed by atoms with Crippen LogP contribution >= 0.6 is 0 Å². The van der Waals surface area contributed by atoms with E-state index >= 15 is 0 Å². The molecule has 0 aromatic rings. The predicted molar refractivity (Wildman–Crippen MR) is 205 cm³/mol. The van der Waals surface area contributed by atoms with Gasteiger partial charge in [0.2, 0.25) is 0 Å². The molecule has 0 heterocycles. The summed E-state index contributed by atoms with van der Waals surface area (Å²) in [5.41, 5.74) is 0. The van der Waals surface area contributed by atoms with Gasteiger partial charge < -0.3 is 12.4 Å². The third-order valence-corrected chi connectivity index (χ3v) is 13.7. The van der Waals surface area contributed by atoms with E-state index in [-0.39, 0.29) is 12.4 Å². The Bertz CT molecular complexity index is 487. The van der Waals surface area contributed by atoms with E-state index in [1.54, 1.807) is 0 Å². The average Bonchev–Trinajstić information content (AvgIpc) is 3.07. The zero-order valence-electron chi connectivity index (χ0n) is 33.3. The number of halogens is 1. The molecule has 0 aliphatic rings. The molecule has 0 N–H and O–H groups in total. The molecule has 5 heteroatoms. The van der Waals surface area contributed by atoms with E-state index in [0.29, 0.717) is 0 Å². The van der Waals surface area contributed by atoms with Crippen molar-refractivity contribution in [2.24, 2.45) is 0 Å². The van der Waals surface area contributed by atoms with Crippen molar-refractivity contribution in [3.63, 3.8) is 0 Å². The zero-order valence-corrected chi connectivity index (χ0v) is 35.7. The molecule has 0 radical (unpaired) electrons. The van der Waals surface area contributed by atoms with Crippen molar-refractivity contribution in [2.75, 3.05) is 32.8 Å². The normalized spacial score (nSPS) is 11.6. The number of rotatable bonds is 40. The molecule has 0 rings (SSSR count). The van der Waals surface area contributed by atoms with Crippen molar-refractivity contribution in [1.82, 2.24) is 6.76 Å². The summed E-state index contributed by atoms with van der Waals surface area (Å²) < 4.78 is 13.2. The summed E-state index contributed by atoms with van der Waals surface area (Å²) >= 11 is -1.99. The maximum atomic E-state index is 7.21. The number of hydrogen-bond donors (Lipinski definition) is 0. The van der Waals surface area contributed by atoms with Crippen LogP contribution in [-0.2, 0) is 22.1 Å². The number of nitrogens with zero attached hydrogens (tertiary/aromatic N) is 2. The zero-order chi connectivity index (χ0) is 33.6. The first-order valence-electron chi connectivity index (χ1n) is 21.7. The molecule has 284 valence electrons. The molecule has 0 aliphatic carbocycles. The van der Waals surface area contributed by atoms with Crippen LogP contribution in [0.25, 0.3) is 0 Å². The second-order valence-electron chi connectivity index (χ2n) is 14.7. The Morgan fingerprint density at radius 3 is 0.766 bits per heavy atom. The molecule has 47 heavy (non-hydrogen) atoms. The van der Waals surface area contributed by atoms with Crippen LogP contribution in [0, 0.1) is 0 Å². The molecule has 0 unspecified atom stereocenters. The van der Waals surface area contributed by atoms with Gasteiger partial charge in [-0.05, 0) is 0 Å². The van der Waals surface area contributed by atoms with Crippen LogP contribution in [0.1, 0.15) is 240 Å². The monoisotopic (exact) mass is 721 g/mol. The summed E-state index contributed by atoms with van der Waals surface area (Å²) in [4.78, 5) is 0. The van der Waals surface area contributed by atoms with Crippen molar-refractivity contribution in [1.29, 1.82) is 0 Å². The van der Waals surface area contributed by atoms with Gasteiger partial charge in [0.15, 0.2) is 0 Å². The molecular formula is C42H89ClN2OTi. The van der Waals surface area contributed by atoms with E-state index in [9.17, 15) is 0 Å². The fraction of sp³-hybridized carbons (Fsp3) is 1.00. The molecule has 0 saturated heterocycles. The van der Waals surface area contributed by atoms with Crippen molar-refractivity contribution >= 4 is 0 Å². The van der Waals surface area contributed by atoms with Gasteiger partial charge in [-0.2, -0.15) is 0 Å². The first-order valence-corrected chi connectivity index (χ1v) is 23.8. The Morgan fingerprint density at radius 2 is 0.511 bits per heavy atom. The Kier molecular flexibility index (Phi) is 45.8. The fourth-order valence-corrected chi connectivity index (χ4v) is 10.6. The van der Waals surface area contributed by atoms with E-state index in [1.165, 1.54) is 232 Å². The average molecular weight is 722 g/mol. The van der Waals surface area contributed by atoms with Crippen LogP contribution in [-0.4, -0.2) is 39.5 Å². The topological polar surface area (TPSA) is 15.7 Å². The quantitative estimate of drug-likeness (QED) is 0.0463. The maximum absolute atomic E-state index is 7.21. The van der Waals surface area contributed by atoms with Crippen LogP contribution in [0.15, 0.2) is 0 Å². The first kappa shape index (κ1) is 50.0. The molecule has 0 spiro atoms. The molecule has 3 nitrogen and oxygen atoms in total. The Labute approximate surface area is 312 Å². The van der Waals surface area contributed by atoms with Crippen molar-refractivity contribution in [2.45, 2.75) is 240 Å². The minimum atomic E-state index is -1.99. The molecule has 0 saturated carbocycles. The largest absolute Gasteiger partial charge is 1.00 e. The minimum absolute atomic E-state index is 0. The molecular weight excluding hydrogens is 632 g/mol. The minimum Gasteiger partial charge on any atom is -1.00 e. The maximum Gasteiger partial charge on any atom is -1.00 e. The molecule has 0 aromatic carbocycles. The third-order valence-electron chi connectivity index (χ3n) is 9.90. The van der Waals surface area contributed by atoms with Crippen LogP contribution in [0.3, 0.4) is 0 Å². The fourth-order valence-electron chi connectivity index (χ4n) is 6.72. The third kappa shape index (κ3) is 35.1. The molecule has 0 amide bonds. The van der Waals surface area contributed by atoms with Crippen LogP contribution < -0.4 is 12.4 Å². The van der Waals surface area contributed by atoms with Crippen molar-refractivity contribution in [3.05, 3.63) is 0 Å². The summed E-state index contributed by atoms with van der Waals surface area (Å²) in [6.45, 7) is 17.8. The van der Waals surface area contributed by atoms with Gasteiger partial charge in [0, 0.05) is 0 Å².